The molecule has 0 saturated carbocycles. The molecular weight excluding hydrogens is 438 g/mol. The predicted octanol–water partition coefficient (Wildman–Crippen LogP) is 4.83. The number of halogens is 2. The number of nitrogens with one attached hydrogen (secondary N) is 1. The Labute approximate surface area is 194 Å². The van der Waals surface area contributed by atoms with E-state index in [2.05, 4.69) is 20.3 Å². The highest BCUT2D eigenvalue weighted by Gasteiger charge is 2.14. The maximum Gasteiger partial charge on any atom is 0.237 e. The molecule has 5 rings (SSSR count). The van der Waals surface area contributed by atoms with E-state index in [1.165, 1.54) is 19.2 Å². The monoisotopic (exact) mass is 460 g/mol. The number of imidazole rings is 1. The van der Waals surface area contributed by atoms with Crippen molar-refractivity contribution in [2.75, 3.05) is 19.0 Å². The van der Waals surface area contributed by atoms with E-state index >= 15 is 0 Å². The van der Waals surface area contributed by atoms with Crippen LogP contribution in [0.3, 0.4) is 0 Å². The van der Waals surface area contributed by atoms with Crippen molar-refractivity contribution in [2.45, 2.75) is 13.3 Å². The molecule has 0 amide bonds. The van der Waals surface area contributed by atoms with Gasteiger partial charge in [0.05, 0.1) is 35.7 Å². The first-order chi connectivity index (χ1) is 16.4. The van der Waals surface area contributed by atoms with Crippen molar-refractivity contribution in [2.24, 2.45) is 7.05 Å². The number of rotatable bonds is 6. The molecule has 34 heavy (non-hydrogen) atoms. The molecule has 1 aromatic carbocycles. The van der Waals surface area contributed by atoms with Gasteiger partial charge in [-0.3, -0.25) is 4.98 Å². The standard InChI is InChI=1S/C25H22F2N6O/c1-14-31-22-13-29-20-7-6-19(32-23(20)24(22)33(14)2)16-10-21(25(34-3)30-12-16)28-9-8-15-4-5-17(26)11-18(15)27/h4-7,10-13,28H,8-9H2,1-3H3. The molecule has 0 spiro atoms. The second-order valence-electron chi connectivity index (χ2n) is 7.97. The molecule has 0 atom stereocenters. The molecule has 0 radical (unpaired) electrons. The number of aryl methyl sites for hydroxylation is 2. The Morgan fingerprint density at radius 1 is 1.00 bits per heavy atom. The number of ether oxygens (including phenoxy) is 1. The molecule has 7 nitrogen and oxygen atoms in total. The van der Waals surface area contributed by atoms with Crippen LogP contribution in [0.2, 0.25) is 0 Å². The Kier molecular flexibility index (Phi) is 5.53. The summed E-state index contributed by atoms with van der Waals surface area (Å²) in [4.78, 5) is 18.3. The number of pyridine rings is 3. The smallest absolute Gasteiger partial charge is 0.237 e. The van der Waals surface area contributed by atoms with Crippen LogP contribution in [-0.4, -0.2) is 38.2 Å². The molecule has 4 heterocycles. The Morgan fingerprint density at radius 2 is 1.85 bits per heavy atom. The number of hydrogen-bond acceptors (Lipinski definition) is 6. The first-order valence-corrected chi connectivity index (χ1v) is 10.8. The normalized spacial score (nSPS) is 11.3. The molecule has 0 fully saturated rings. The molecule has 1 N–H and O–H groups in total. The summed E-state index contributed by atoms with van der Waals surface area (Å²) >= 11 is 0. The molecule has 4 aromatic heterocycles. The van der Waals surface area contributed by atoms with E-state index in [0.29, 0.717) is 30.1 Å². The van der Waals surface area contributed by atoms with Crippen molar-refractivity contribution >= 4 is 27.8 Å². The van der Waals surface area contributed by atoms with Crippen LogP contribution in [0.25, 0.3) is 33.3 Å². The van der Waals surface area contributed by atoms with E-state index in [9.17, 15) is 8.78 Å². The van der Waals surface area contributed by atoms with Gasteiger partial charge in [0.25, 0.3) is 0 Å². The number of benzene rings is 1. The van der Waals surface area contributed by atoms with Gasteiger partial charge in [0, 0.05) is 31.4 Å². The second-order valence-corrected chi connectivity index (χ2v) is 7.97. The molecule has 0 aliphatic heterocycles. The van der Waals surface area contributed by atoms with Crippen LogP contribution in [-0.2, 0) is 13.5 Å². The van der Waals surface area contributed by atoms with Crippen LogP contribution in [0.1, 0.15) is 11.4 Å². The molecular formula is C25H22F2N6O. The maximum atomic E-state index is 14.0. The van der Waals surface area contributed by atoms with Gasteiger partial charge in [-0.25, -0.2) is 23.7 Å². The maximum absolute atomic E-state index is 14.0. The van der Waals surface area contributed by atoms with Crippen LogP contribution < -0.4 is 10.1 Å². The minimum atomic E-state index is -0.593. The molecule has 0 bridgehead atoms. The third-order valence-corrected chi connectivity index (χ3v) is 5.84. The second kappa shape index (κ2) is 8.66. The third kappa shape index (κ3) is 3.89. The van der Waals surface area contributed by atoms with Crippen LogP contribution in [0, 0.1) is 18.6 Å². The zero-order valence-electron chi connectivity index (χ0n) is 18.9. The summed E-state index contributed by atoms with van der Waals surface area (Å²) in [6.07, 6.45) is 3.82. The average molecular weight is 460 g/mol. The van der Waals surface area contributed by atoms with Gasteiger partial charge in [0.15, 0.2) is 0 Å². The molecule has 172 valence electrons. The Morgan fingerprint density at radius 3 is 2.65 bits per heavy atom. The third-order valence-electron chi connectivity index (χ3n) is 5.84. The summed E-state index contributed by atoms with van der Waals surface area (Å²) in [5, 5.41) is 3.24. The van der Waals surface area contributed by atoms with Gasteiger partial charge >= 0.3 is 0 Å². The Bertz CT molecular complexity index is 1530. The summed E-state index contributed by atoms with van der Waals surface area (Å²) in [6.45, 7) is 2.35. The van der Waals surface area contributed by atoms with Crippen molar-refractivity contribution in [3.63, 3.8) is 0 Å². The summed E-state index contributed by atoms with van der Waals surface area (Å²) in [5.74, 6) is 0.137. The quantitative estimate of drug-likeness (QED) is 0.391. The van der Waals surface area contributed by atoms with E-state index in [1.807, 2.05) is 36.7 Å². The zero-order valence-corrected chi connectivity index (χ0v) is 18.9. The summed E-state index contributed by atoms with van der Waals surface area (Å²) in [7, 11) is 3.49. The highest BCUT2D eigenvalue weighted by molar-refractivity contribution is 6.00. The number of methoxy groups -OCH3 is 1. The summed E-state index contributed by atoms with van der Waals surface area (Å²) in [5.41, 5.74) is 5.84. The van der Waals surface area contributed by atoms with Gasteiger partial charge in [-0.1, -0.05) is 6.07 Å². The first-order valence-electron chi connectivity index (χ1n) is 10.8. The average Bonchev–Trinajstić information content (AvgIpc) is 3.13. The van der Waals surface area contributed by atoms with Crippen molar-refractivity contribution in [3.8, 4) is 17.1 Å². The fourth-order valence-electron chi connectivity index (χ4n) is 3.97. The lowest BCUT2D eigenvalue weighted by Crippen LogP contribution is -2.08. The fraction of sp³-hybridized carbons (Fsp3) is 0.200. The van der Waals surface area contributed by atoms with Gasteiger partial charge in [-0.15, -0.1) is 0 Å². The van der Waals surface area contributed by atoms with Crippen molar-refractivity contribution in [1.82, 2.24) is 24.5 Å². The highest BCUT2D eigenvalue weighted by Crippen LogP contribution is 2.30. The minimum absolute atomic E-state index is 0.372. The SMILES string of the molecule is COc1ncc(-c2ccc3ncc4nc(C)n(C)c4c3n2)cc1NCCc1ccc(F)cc1F. The van der Waals surface area contributed by atoms with Crippen molar-refractivity contribution in [1.29, 1.82) is 0 Å². The Hall–Kier alpha value is -4.14. The van der Waals surface area contributed by atoms with E-state index in [1.54, 1.807) is 12.4 Å². The van der Waals surface area contributed by atoms with Gasteiger partial charge < -0.3 is 14.6 Å². The molecule has 5 aromatic rings. The van der Waals surface area contributed by atoms with Crippen LogP contribution in [0.5, 0.6) is 5.88 Å². The summed E-state index contributed by atoms with van der Waals surface area (Å²) < 4.78 is 34.5. The van der Waals surface area contributed by atoms with Crippen molar-refractivity contribution in [3.05, 3.63) is 71.8 Å². The lowest BCUT2D eigenvalue weighted by molar-refractivity contribution is 0.400. The van der Waals surface area contributed by atoms with Gasteiger partial charge in [-0.05, 0) is 43.2 Å². The molecule has 0 unspecified atom stereocenters. The van der Waals surface area contributed by atoms with Crippen molar-refractivity contribution < 1.29 is 13.5 Å². The molecule has 9 heteroatoms. The Balaban J connectivity index is 1.47. The van der Waals surface area contributed by atoms with E-state index in [0.717, 1.165) is 45.2 Å². The van der Waals surface area contributed by atoms with E-state index < -0.39 is 11.6 Å². The largest absolute Gasteiger partial charge is 0.480 e. The molecule has 0 aliphatic rings. The molecule has 0 saturated heterocycles. The zero-order chi connectivity index (χ0) is 23.8. The highest BCUT2D eigenvalue weighted by atomic mass is 19.1. The fourth-order valence-corrected chi connectivity index (χ4v) is 3.97. The number of nitrogens with zero attached hydrogens (tertiary/aromatic N) is 5. The van der Waals surface area contributed by atoms with Crippen LogP contribution >= 0.6 is 0 Å². The topological polar surface area (TPSA) is 77.8 Å². The number of hydrogen-bond donors (Lipinski definition) is 1. The predicted molar refractivity (Wildman–Crippen MR) is 127 cm³/mol. The van der Waals surface area contributed by atoms with E-state index in [4.69, 9.17) is 9.72 Å². The van der Waals surface area contributed by atoms with Crippen LogP contribution in [0.15, 0.2) is 48.8 Å². The lowest BCUT2D eigenvalue weighted by Gasteiger charge is -2.12. The first kappa shape index (κ1) is 21.7. The van der Waals surface area contributed by atoms with Gasteiger partial charge in [0.1, 0.15) is 28.5 Å². The molecule has 0 aliphatic carbocycles. The van der Waals surface area contributed by atoms with Gasteiger partial charge in [-0.2, -0.15) is 0 Å². The number of aromatic nitrogens is 5. The minimum Gasteiger partial charge on any atom is -0.480 e. The van der Waals surface area contributed by atoms with Gasteiger partial charge in [0.2, 0.25) is 5.88 Å². The summed E-state index contributed by atoms with van der Waals surface area (Å²) in [6, 6.07) is 9.30. The number of anilines is 1. The van der Waals surface area contributed by atoms with E-state index in [-0.39, 0.29) is 0 Å². The number of fused-ring (bicyclic) bond motifs is 3. The van der Waals surface area contributed by atoms with Crippen LogP contribution in [0.4, 0.5) is 14.5 Å². The lowest BCUT2D eigenvalue weighted by atomic mass is 10.1.